The predicted molar refractivity (Wildman–Crippen MR) is 89.6 cm³/mol. The van der Waals surface area contributed by atoms with Gasteiger partial charge in [0.25, 0.3) is 5.56 Å². The number of hydrogen-bond donors (Lipinski definition) is 2. The molecule has 0 saturated carbocycles. The van der Waals surface area contributed by atoms with E-state index in [1.54, 1.807) is 0 Å². The van der Waals surface area contributed by atoms with Crippen molar-refractivity contribution in [2.45, 2.75) is 47.0 Å². The van der Waals surface area contributed by atoms with Crippen molar-refractivity contribution < 1.29 is 4.79 Å². The smallest absolute Gasteiger partial charge is 0.259 e. The molecule has 2 aromatic rings. The molecule has 7 heteroatoms. The minimum Gasteiger partial charge on any atom is -0.309 e. The number of nitrogens with one attached hydrogen (secondary N) is 2. The summed E-state index contributed by atoms with van der Waals surface area (Å²) < 4.78 is 0. The van der Waals surface area contributed by atoms with Crippen LogP contribution >= 0.6 is 11.3 Å². The summed E-state index contributed by atoms with van der Waals surface area (Å²) in [6.07, 6.45) is 1.83. The van der Waals surface area contributed by atoms with Crippen LogP contribution in [-0.4, -0.2) is 21.6 Å². The lowest BCUT2D eigenvalue weighted by molar-refractivity contribution is -0.120. The molecule has 118 valence electrons. The molecular formula is C15H20N4O2S. The Hall–Kier alpha value is -2.02. The average molecular weight is 320 g/mol. The number of H-pyrrole nitrogens is 1. The first-order valence-corrected chi connectivity index (χ1v) is 8.05. The summed E-state index contributed by atoms with van der Waals surface area (Å²) in [6.45, 7) is 7.78. The Kier molecular flexibility index (Phi) is 5.07. The number of aromatic amines is 1. The van der Waals surface area contributed by atoms with Crippen LogP contribution < -0.4 is 11.0 Å². The van der Waals surface area contributed by atoms with Gasteiger partial charge in [-0.2, -0.15) is 5.10 Å². The SMILES string of the molecule is CCC/C(C)=N\NC(=O)Cc1nc2sc(C)c(C)c2c(=O)[nH]1. The fourth-order valence-corrected chi connectivity index (χ4v) is 3.20. The van der Waals surface area contributed by atoms with Crippen molar-refractivity contribution >= 4 is 33.2 Å². The van der Waals surface area contributed by atoms with Crippen molar-refractivity contribution in [2.75, 3.05) is 0 Å². The Balaban J connectivity index is 2.17. The first-order valence-electron chi connectivity index (χ1n) is 7.23. The molecule has 2 aromatic heterocycles. The van der Waals surface area contributed by atoms with E-state index in [0.717, 1.165) is 29.0 Å². The molecule has 22 heavy (non-hydrogen) atoms. The van der Waals surface area contributed by atoms with Gasteiger partial charge in [0.15, 0.2) is 0 Å². The van der Waals surface area contributed by atoms with Crippen LogP contribution in [0.15, 0.2) is 9.90 Å². The number of thiophene rings is 1. The predicted octanol–water partition coefficient (Wildman–Crippen LogP) is 2.44. The topological polar surface area (TPSA) is 87.2 Å². The molecule has 2 heterocycles. The van der Waals surface area contributed by atoms with Crippen LogP contribution in [0.2, 0.25) is 0 Å². The molecule has 0 aliphatic carbocycles. The lowest BCUT2D eigenvalue weighted by atomic mass is 10.2. The number of carbonyl (C=O) groups excluding carboxylic acids is 1. The summed E-state index contributed by atoms with van der Waals surface area (Å²) in [5, 5.41) is 4.63. The van der Waals surface area contributed by atoms with E-state index in [2.05, 4.69) is 27.4 Å². The Bertz CT molecular complexity index is 789. The number of rotatable bonds is 5. The second kappa shape index (κ2) is 6.83. The van der Waals surface area contributed by atoms with Gasteiger partial charge in [0, 0.05) is 10.6 Å². The maximum atomic E-state index is 12.1. The Morgan fingerprint density at radius 2 is 2.14 bits per heavy atom. The average Bonchev–Trinajstić information content (AvgIpc) is 2.72. The number of nitrogens with zero attached hydrogens (tertiary/aromatic N) is 2. The van der Waals surface area contributed by atoms with Crippen LogP contribution in [0.25, 0.3) is 10.2 Å². The molecule has 0 bridgehead atoms. The van der Waals surface area contributed by atoms with E-state index < -0.39 is 0 Å². The molecule has 0 radical (unpaired) electrons. The Morgan fingerprint density at radius 3 is 2.82 bits per heavy atom. The third kappa shape index (κ3) is 3.59. The van der Waals surface area contributed by atoms with Crippen LogP contribution in [0.5, 0.6) is 0 Å². The summed E-state index contributed by atoms with van der Waals surface area (Å²) in [5.74, 6) is 0.0718. The van der Waals surface area contributed by atoms with Crippen molar-refractivity contribution in [3.63, 3.8) is 0 Å². The number of carbonyl (C=O) groups is 1. The molecule has 2 rings (SSSR count). The molecule has 0 aliphatic rings. The van der Waals surface area contributed by atoms with E-state index in [4.69, 9.17) is 0 Å². The zero-order valence-corrected chi connectivity index (χ0v) is 14.1. The lowest BCUT2D eigenvalue weighted by Crippen LogP contribution is -2.23. The van der Waals surface area contributed by atoms with Gasteiger partial charge >= 0.3 is 0 Å². The summed E-state index contributed by atoms with van der Waals surface area (Å²) >= 11 is 1.47. The standard InChI is InChI=1S/C15H20N4O2S/c1-5-6-8(2)18-19-12(20)7-11-16-14(21)13-9(3)10(4)22-15(13)17-11/h5-7H2,1-4H3,(H,19,20)(H,16,17,21)/b18-8-. The number of fused-ring (bicyclic) bond motifs is 1. The monoisotopic (exact) mass is 320 g/mol. The summed E-state index contributed by atoms with van der Waals surface area (Å²) in [5.41, 5.74) is 4.12. The minimum absolute atomic E-state index is 0.00405. The molecule has 0 saturated heterocycles. The molecule has 0 aromatic carbocycles. The van der Waals surface area contributed by atoms with Crippen molar-refractivity contribution in [2.24, 2.45) is 5.10 Å². The van der Waals surface area contributed by atoms with E-state index >= 15 is 0 Å². The molecule has 1 amide bonds. The molecule has 0 unspecified atom stereocenters. The van der Waals surface area contributed by atoms with Gasteiger partial charge in [0.2, 0.25) is 5.91 Å². The number of aromatic nitrogens is 2. The zero-order valence-electron chi connectivity index (χ0n) is 13.2. The molecule has 2 N–H and O–H groups in total. The highest BCUT2D eigenvalue weighted by Gasteiger charge is 2.13. The zero-order chi connectivity index (χ0) is 16.3. The van der Waals surface area contributed by atoms with Crippen LogP contribution in [0, 0.1) is 13.8 Å². The van der Waals surface area contributed by atoms with E-state index in [0.29, 0.717) is 16.0 Å². The number of aryl methyl sites for hydroxylation is 2. The van der Waals surface area contributed by atoms with Gasteiger partial charge in [-0.05, 0) is 32.8 Å². The highest BCUT2D eigenvalue weighted by molar-refractivity contribution is 7.18. The lowest BCUT2D eigenvalue weighted by Gasteiger charge is -2.02. The summed E-state index contributed by atoms with van der Waals surface area (Å²) in [6, 6.07) is 0. The third-order valence-electron chi connectivity index (χ3n) is 3.40. The normalized spacial score (nSPS) is 11.9. The van der Waals surface area contributed by atoms with Gasteiger partial charge in [-0.3, -0.25) is 9.59 Å². The summed E-state index contributed by atoms with van der Waals surface area (Å²) in [7, 11) is 0. The molecule has 0 aliphatic heterocycles. The maximum absolute atomic E-state index is 12.1. The first-order chi connectivity index (χ1) is 10.4. The minimum atomic E-state index is -0.289. The van der Waals surface area contributed by atoms with Crippen molar-refractivity contribution in [1.29, 1.82) is 0 Å². The van der Waals surface area contributed by atoms with Crippen LogP contribution in [0.4, 0.5) is 0 Å². The number of amides is 1. The fraction of sp³-hybridized carbons (Fsp3) is 0.467. The van der Waals surface area contributed by atoms with E-state index in [1.165, 1.54) is 11.3 Å². The van der Waals surface area contributed by atoms with Crippen molar-refractivity contribution in [3.8, 4) is 0 Å². The molecule has 0 fully saturated rings. The third-order valence-corrected chi connectivity index (χ3v) is 4.50. The Labute approximate surface area is 132 Å². The molecule has 0 atom stereocenters. The van der Waals surface area contributed by atoms with E-state index in [-0.39, 0.29) is 17.9 Å². The molecular weight excluding hydrogens is 300 g/mol. The van der Waals surface area contributed by atoms with Crippen LogP contribution in [0.1, 0.15) is 43.0 Å². The van der Waals surface area contributed by atoms with Crippen LogP contribution in [0.3, 0.4) is 0 Å². The van der Waals surface area contributed by atoms with Crippen molar-refractivity contribution in [1.82, 2.24) is 15.4 Å². The van der Waals surface area contributed by atoms with E-state index in [9.17, 15) is 9.59 Å². The van der Waals surface area contributed by atoms with Gasteiger partial charge in [-0.25, -0.2) is 10.4 Å². The van der Waals surface area contributed by atoms with Crippen LogP contribution in [-0.2, 0) is 11.2 Å². The second-order valence-electron chi connectivity index (χ2n) is 5.28. The van der Waals surface area contributed by atoms with Gasteiger partial charge in [-0.15, -0.1) is 11.3 Å². The van der Waals surface area contributed by atoms with Gasteiger partial charge < -0.3 is 4.98 Å². The van der Waals surface area contributed by atoms with Gasteiger partial charge in [0.05, 0.1) is 11.8 Å². The maximum Gasteiger partial charge on any atom is 0.259 e. The number of hydrazone groups is 1. The molecule has 0 spiro atoms. The van der Waals surface area contributed by atoms with Gasteiger partial charge in [0.1, 0.15) is 10.7 Å². The second-order valence-corrected chi connectivity index (χ2v) is 6.49. The fourth-order valence-electron chi connectivity index (χ4n) is 2.15. The first kappa shape index (κ1) is 16.4. The highest BCUT2D eigenvalue weighted by atomic mass is 32.1. The highest BCUT2D eigenvalue weighted by Crippen LogP contribution is 2.25. The van der Waals surface area contributed by atoms with Crippen molar-refractivity contribution in [3.05, 3.63) is 26.6 Å². The Morgan fingerprint density at radius 1 is 1.41 bits per heavy atom. The summed E-state index contributed by atoms with van der Waals surface area (Å²) in [4.78, 5) is 32.8. The number of hydrogen-bond acceptors (Lipinski definition) is 5. The van der Waals surface area contributed by atoms with Gasteiger partial charge in [-0.1, -0.05) is 13.3 Å². The largest absolute Gasteiger partial charge is 0.309 e. The quantitative estimate of drug-likeness (QED) is 0.655. The molecule has 6 nitrogen and oxygen atoms in total. The van der Waals surface area contributed by atoms with E-state index in [1.807, 2.05) is 20.8 Å².